The first-order valence-corrected chi connectivity index (χ1v) is 3.65. The van der Waals surface area contributed by atoms with Crippen molar-refractivity contribution in [1.82, 2.24) is 19.0 Å². The summed E-state index contributed by atoms with van der Waals surface area (Å²) in [5.74, 6) is 0.945. The van der Waals surface area contributed by atoms with Crippen LogP contribution in [-0.4, -0.2) is 19.0 Å². The van der Waals surface area contributed by atoms with Gasteiger partial charge in [-0.05, 0) is 6.92 Å². The highest BCUT2D eigenvalue weighted by atomic mass is 35.5. The Balaban J connectivity index is 2.93. The fraction of sp³-hybridized carbons (Fsp3) is 0.167. The van der Waals surface area contributed by atoms with Crippen molar-refractivity contribution < 1.29 is 0 Å². The van der Waals surface area contributed by atoms with Gasteiger partial charge in [0.1, 0.15) is 17.7 Å². The van der Waals surface area contributed by atoms with Gasteiger partial charge in [0, 0.05) is 11.8 Å². The van der Waals surface area contributed by atoms with Crippen molar-refractivity contribution >= 4 is 28.8 Å². The van der Waals surface area contributed by atoms with E-state index in [0.717, 1.165) is 0 Å². The molecule has 0 saturated carbocycles. The lowest BCUT2D eigenvalue weighted by Gasteiger charge is -1.96. The lowest BCUT2D eigenvalue weighted by Crippen LogP contribution is -1.97. The van der Waals surface area contributed by atoms with Crippen molar-refractivity contribution in [2.75, 3.05) is 5.73 Å². The summed E-state index contributed by atoms with van der Waals surface area (Å²) < 4.78 is 1.28. The van der Waals surface area contributed by atoms with Gasteiger partial charge in [-0.25, -0.2) is 19.0 Å². The molecule has 0 aliphatic heterocycles. The zero-order valence-electron chi connectivity index (χ0n) is 6.32. The second kappa shape index (κ2) is 2.31. The van der Waals surface area contributed by atoms with E-state index in [1.807, 2.05) is 0 Å². The van der Waals surface area contributed by atoms with Gasteiger partial charge in [-0.15, -0.1) is 0 Å². The molecule has 0 fully saturated rings. The first kappa shape index (κ1) is 7.30. The van der Waals surface area contributed by atoms with Gasteiger partial charge in [-0.3, -0.25) is 0 Å². The van der Waals surface area contributed by atoms with Crippen LogP contribution < -0.4 is 5.73 Å². The fourth-order valence-corrected chi connectivity index (χ4v) is 1.24. The molecule has 0 unspecified atom stereocenters. The van der Waals surface area contributed by atoms with Gasteiger partial charge < -0.3 is 5.73 Å². The molecule has 2 aromatic heterocycles. The molecule has 0 aliphatic rings. The Morgan fingerprint density at radius 2 is 2.25 bits per heavy atom. The number of anilines is 1. The van der Waals surface area contributed by atoms with Crippen molar-refractivity contribution in [2.24, 2.45) is 0 Å². The van der Waals surface area contributed by atoms with Crippen LogP contribution in [0.4, 0.5) is 5.82 Å². The van der Waals surface area contributed by atoms with Gasteiger partial charge in [-0.2, -0.15) is 0 Å². The number of fused-ring (bicyclic) bond motifs is 1. The van der Waals surface area contributed by atoms with Gasteiger partial charge in [0.05, 0.1) is 0 Å². The molecule has 2 heterocycles. The number of hydrogen-bond donors (Lipinski definition) is 1. The van der Waals surface area contributed by atoms with E-state index in [1.165, 1.54) is 10.4 Å². The SMILES string of the molecule is Cc1nc(N)c2c(ncn2Cl)n1. The Morgan fingerprint density at radius 1 is 1.50 bits per heavy atom. The Labute approximate surface area is 73.3 Å². The van der Waals surface area contributed by atoms with Crippen molar-refractivity contribution in [3.8, 4) is 0 Å². The molecule has 0 saturated heterocycles. The Bertz CT molecular complexity index is 435. The van der Waals surface area contributed by atoms with Crippen LogP contribution in [0.5, 0.6) is 0 Å². The van der Waals surface area contributed by atoms with Crippen molar-refractivity contribution in [2.45, 2.75) is 6.92 Å². The number of nitrogens with zero attached hydrogens (tertiary/aromatic N) is 4. The summed E-state index contributed by atoms with van der Waals surface area (Å²) in [7, 11) is 0. The molecular formula is C6H6ClN5. The predicted octanol–water partition coefficient (Wildman–Crippen LogP) is 0.719. The number of rotatable bonds is 0. The topological polar surface area (TPSA) is 69.6 Å². The molecule has 6 heteroatoms. The van der Waals surface area contributed by atoms with E-state index < -0.39 is 0 Å². The van der Waals surface area contributed by atoms with E-state index in [9.17, 15) is 0 Å². The van der Waals surface area contributed by atoms with Crippen LogP contribution in [0.15, 0.2) is 6.33 Å². The highest BCUT2D eigenvalue weighted by Gasteiger charge is 2.07. The lowest BCUT2D eigenvalue weighted by molar-refractivity contribution is 1.09. The molecule has 12 heavy (non-hydrogen) atoms. The molecule has 2 N–H and O–H groups in total. The van der Waals surface area contributed by atoms with Crippen LogP contribution in [0.25, 0.3) is 11.2 Å². The normalized spacial score (nSPS) is 10.8. The molecule has 0 amide bonds. The second-order valence-electron chi connectivity index (χ2n) is 2.38. The van der Waals surface area contributed by atoms with E-state index in [1.54, 1.807) is 6.92 Å². The summed E-state index contributed by atoms with van der Waals surface area (Å²) in [6.45, 7) is 1.75. The average Bonchev–Trinajstić information content (AvgIpc) is 2.31. The van der Waals surface area contributed by atoms with Crippen LogP contribution in [0, 0.1) is 6.92 Å². The highest BCUT2D eigenvalue weighted by molar-refractivity contribution is 6.19. The molecule has 5 nitrogen and oxygen atoms in total. The van der Waals surface area contributed by atoms with Crippen LogP contribution in [0.1, 0.15) is 5.82 Å². The quantitative estimate of drug-likeness (QED) is 0.654. The molecule has 0 aliphatic carbocycles. The third-order valence-electron chi connectivity index (χ3n) is 1.50. The molecule has 0 aromatic carbocycles. The number of halogens is 1. The van der Waals surface area contributed by atoms with Gasteiger partial charge in [0.25, 0.3) is 0 Å². The fourth-order valence-electron chi connectivity index (χ4n) is 1.03. The Hall–Kier alpha value is -1.36. The summed E-state index contributed by atoms with van der Waals surface area (Å²) in [5.41, 5.74) is 6.69. The molecule has 2 rings (SSSR count). The summed E-state index contributed by atoms with van der Waals surface area (Å²) in [6, 6.07) is 0. The summed E-state index contributed by atoms with van der Waals surface area (Å²) in [4.78, 5) is 11.9. The number of hydrogen-bond acceptors (Lipinski definition) is 4. The number of imidazole rings is 1. The molecule has 2 aromatic rings. The Kier molecular flexibility index (Phi) is 1.41. The molecule has 62 valence electrons. The summed E-state index contributed by atoms with van der Waals surface area (Å²) in [6.07, 6.45) is 1.44. The molecule has 0 bridgehead atoms. The minimum absolute atomic E-state index is 0.352. The van der Waals surface area contributed by atoms with Gasteiger partial charge >= 0.3 is 0 Å². The first-order chi connectivity index (χ1) is 5.68. The third kappa shape index (κ3) is 0.902. The average molecular weight is 184 g/mol. The zero-order chi connectivity index (χ0) is 8.72. The van der Waals surface area contributed by atoms with Gasteiger partial charge in [0.2, 0.25) is 0 Å². The largest absolute Gasteiger partial charge is 0.382 e. The molecular weight excluding hydrogens is 178 g/mol. The minimum atomic E-state index is 0.352. The summed E-state index contributed by atoms with van der Waals surface area (Å²) in [5, 5.41) is 0. The van der Waals surface area contributed by atoms with Crippen LogP contribution >= 0.6 is 11.8 Å². The maximum absolute atomic E-state index is 5.72. The predicted molar refractivity (Wildman–Crippen MR) is 45.7 cm³/mol. The van der Waals surface area contributed by atoms with E-state index in [-0.39, 0.29) is 0 Å². The number of aromatic nitrogens is 4. The van der Waals surface area contributed by atoms with E-state index in [2.05, 4.69) is 15.0 Å². The maximum atomic E-state index is 5.72. The van der Waals surface area contributed by atoms with E-state index >= 15 is 0 Å². The molecule has 0 atom stereocenters. The number of nitrogen functional groups attached to an aromatic ring is 1. The zero-order valence-corrected chi connectivity index (χ0v) is 7.08. The number of nitrogens with two attached hydrogens (primary N) is 1. The standard InChI is InChI=1S/C6H6ClN5/c1-3-10-5(8)4-6(11-3)9-2-12(4)7/h2H,1H3,(H2,8,10,11). The second-order valence-corrected chi connectivity index (χ2v) is 2.75. The lowest BCUT2D eigenvalue weighted by atomic mass is 10.5. The van der Waals surface area contributed by atoms with Crippen LogP contribution in [0.3, 0.4) is 0 Å². The van der Waals surface area contributed by atoms with E-state index in [4.69, 9.17) is 17.5 Å². The van der Waals surface area contributed by atoms with Crippen molar-refractivity contribution in [3.63, 3.8) is 0 Å². The van der Waals surface area contributed by atoms with Crippen molar-refractivity contribution in [3.05, 3.63) is 12.2 Å². The highest BCUT2D eigenvalue weighted by Crippen LogP contribution is 2.16. The minimum Gasteiger partial charge on any atom is -0.382 e. The first-order valence-electron chi connectivity index (χ1n) is 3.32. The molecule has 0 radical (unpaired) electrons. The van der Waals surface area contributed by atoms with Gasteiger partial charge in [0.15, 0.2) is 11.5 Å². The van der Waals surface area contributed by atoms with Crippen molar-refractivity contribution in [1.29, 1.82) is 0 Å². The van der Waals surface area contributed by atoms with Crippen LogP contribution in [0.2, 0.25) is 0 Å². The van der Waals surface area contributed by atoms with Gasteiger partial charge in [-0.1, -0.05) is 0 Å². The number of aryl methyl sites for hydroxylation is 1. The smallest absolute Gasteiger partial charge is 0.184 e. The maximum Gasteiger partial charge on any atom is 0.184 e. The van der Waals surface area contributed by atoms with Crippen LogP contribution in [-0.2, 0) is 0 Å². The Morgan fingerprint density at radius 3 is 3.00 bits per heavy atom. The summed E-state index contributed by atoms with van der Waals surface area (Å²) >= 11 is 5.72. The van der Waals surface area contributed by atoms with E-state index in [0.29, 0.717) is 22.8 Å². The molecule has 0 spiro atoms. The monoisotopic (exact) mass is 183 g/mol. The third-order valence-corrected chi connectivity index (χ3v) is 1.76.